The molecule has 0 amide bonds. The quantitative estimate of drug-likeness (QED) is 0.732. The van der Waals surface area contributed by atoms with Gasteiger partial charge in [0.25, 0.3) is 0 Å². The molecular weight excluding hydrogens is 232 g/mol. The topological polar surface area (TPSA) is 9.23 Å². The van der Waals surface area contributed by atoms with Crippen LogP contribution < -0.4 is 4.74 Å². The van der Waals surface area contributed by atoms with E-state index in [4.69, 9.17) is 16.3 Å². The fourth-order valence-corrected chi connectivity index (χ4v) is 1.80. The molecule has 0 saturated carbocycles. The molecule has 0 fully saturated rings. The molecule has 0 unspecified atom stereocenters. The van der Waals surface area contributed by atoms with Gasteiger partial charge in [0.2, 0.25) is 0 Å². The van der Waals surface area contributed by atoms with Crippen molar-refractivity contribution in [2.24, 2.45) is 0 Å². The molecule has 0 aromatic heterocycles. The van der Waals surface area contributed by atoms with E-state index >= 15 is 0 Å². The fraction of sp³-hybridized carbons (Fsp3) is 0.200. The van der Waals surface area contributed by atoms with Crippen LogP contribution in [0.2, 0.25) is 0 Å². The predicted molar refractivity (Wildman–Crippen MR) is 72.8 cm³/mol. The summed E-state index contributed by atoms with van der Waals surface area (Å²) in [7, 11) is 0. The van der Waals surface area contributed by atoms with Gasteiger partial charge in [-0.25, -0.2) is 0 Å². The molecule has 0 aliphatic heterocycles. The van der Waals surface area contributed by atoms with Crippen LogP contribution >= 0.6 is 11.6 Å². The van der Waals surface area contributed by atoms with Crippen LogP contribution in [0.3, 0.4) is 0 Å². The van der Waals surface area contributed by atoms with E-state index in [-0.39, 0.29) is 0 Å². The monoisotopic (exact) mass is 246 g/mol. The number of rotatable bonds is 4. The highest BCUT2D eigenvalue weighted by molar-refractivity contribution is 6.18. The third kappa shape index (κ3) is 3.24. The second kappa shape index (κ2) is 5.74. The molecule has 0 spiro atoms. The largest absolute Gasteiger partial charge is 0.492 e. The summed E-state index contributed by atoms with van der Waals surface area (Å²) < 4.78 is 5.44. The number of hydrogen-bond donors (Lipinski definition) is 0. The Hall–Kier alpha value is -1.47. The zero-order valence-electron chi connectivity index (χ0n) is 9.82. The van der Waals surface area contributed by atoms with Crippen LogP contribution in [0.25, 0.3) is 11.1 Å². The second-order valence-electron chi connectivity index (χ2n) is 3.93. The Morgan fingerprint density at radius 2 is 1.76 bits per heavy atom. The van der Waals surface area contributed by atoms with E-state index in [9.17, 15) is 0 Å². The predicted octanol–water partition coefficient (Wildman–Crippen LogP) is 4.28. The first-order valence-electron chi connectivity index (χ1n) is 5.65. The minimum atomic E-state index is 0.514. The molecule has 0 saturated heterocycles. The van der Waals surface area contributed by atoms with Gasteiger partial charge in [0.1, 0.15) is 12.4 Å². The normalized spacial score (nSPS) is 10.2. The first-order valence-corrected chi connectivity index (χ1v) is 6.19. The zero-order chi connectivity index (χ0) is 12.1. The summed E-state index contributed by atoms with van der Waals surface area (Å²) in [5.74, 6) is 1.38. The van der Waals surface area contributed by atoms with Crippen LogP contribution in [0.1, 0.15) is 5.56 Å². The van der Waals surface area contributed by atoms with Crippen LogP contribution in [0.4, 0.5) is 0 Å². The van der Waals surface area contributed by atoms with Crippen molar-refractivity contribution in [3.63, 3.8) is 0 Å². The molecule has 1 nitrogen and oxygen atoms in total. The Kier molecular flexibility index (Phi) is 4.05. The maximum Gasteiger partial charge on any atom is 0.119 e. The summed E-state index contributed by atoms with van der Waals surface area (Å²) in [5, 5.41) is 0. The van der Waals surface area contributed by atoms with E-state index < -0.39 is 0 Å². The molecule has 17 heavy (non-hydrogen) atoms. The molecular formula is C15H15ClO. The van der Waals surface area contributed by atoms with Gasteiger partial charge in [-0.2, -0.15) is 0 Å². The minimum absolute atomic E-state index is 0.514. The van der Waals surface area contributed by atoms with Crippen molar-refractivity contribution in [3.8, 4) is 16.9 Å². The molecule has 0 bridgehead atoms. The smallest absolute Gasteiger partial charge is 0.119 e. The van der Waals surface area contributed by atoms with E-state index in [0.29, 0.717) is 12.5 Å². The molecule has 2 rings (SSSR count). The molecule has 0 aliphatic rings. The molecule has 2 heteroatoms. The molecule has 88 valence electrons. The number of hydrogen-bond acceptors (Lipinski definition) is 1. The number of halogens is 1. The van der Waals surface area contributed by atoms with Gasteiger partial charge in [-0.1, -0.05) is 42.0 Å². The number of alkyl halides is 1. The summed E-state index contributed by atoms with van der Waals surface area (Å²) in [6.07, 6.45) is 0. The van der Waals surface area contributed by atoms with Gasteiger partial charge in [0.15, 0.2) is 0 Å². The lowest BCUT2D eigenvalue weighted by molar-refractivity contribution is 0.343. The van der Waals surface area contributed by atoms with Gasteiger partial charge in [-0.15, -0.1) is 11.6 Å². The second-order valence-corrected chi connectivity index (χ2v) is 4.31. The van der Waals surface area contributed by atoms with Crippen molar-refractivity contribution in [2.45, 2.75) is 6.92 Å². The van der Waals surface area contributed by atoms with Gasteiger partial charge in [0.05, 0.1) is 5.88 Å². The molecule has 0 heterocycles. The molecule has 2 aromatic carbocycles. The fourth-order valence-electron chi connectivity index (χ4n) is 1.72. The lowest BCUT2D eigenvalue weighted by atomic mass is 10.0. The molecule has 0 N–H and O–H groups in total. The van der Waals surface area contributed by atoms with E-state index in [1.165, 1.54) is 16.7 Å². The summed E-state index contributed by atoms with van der Waals surface area (Å²) in [6.45, 7) is 2.65. The lowest BCUT2D eigenvalue weighted by Gasteiger charge is -2.06. The highest BCUT2D eigenvalue weighted by atomic mass is 35.5. The van der Waals surface area contributed by atoms with Crippen molar-refractivity contribution in [1.29, 1.82) is 0 Å². The van der Waals surface area contributed by atoms with Gasteiger partial charge >= 0.3 is 0 Å². The highest BCUT2D eigenvalue weighted by Crippen LogP contribution is 2.23. The third-order valence-corrected chi connectivity index (χ3v) is 2.71. The van der Waals surface area contributed by atoms with Crippen LogP contribution in [0, 0.1) is 6.92 Å². The summed E-state index contributed by atoms with van der Waals surface area (Å²) in [5.41, 5.74) is 3.70. The van der Waals surface area contributed by atoms with E-state index in [2.05, 4.69) is 43.3 Å². The van der Waals surface area contributed by atoms with Crippen molar-refractivity contribution >= 4 is 11.6 Å². The van der Waals surface area contributed by atoms with Crippen LogP contribution in [-0.2, 0) is 0 Å². The number of ether oxygens (including phenoxy) is 1. The Bertz CT molecular complexity index is 477. The SMILES string of the molecule is Cc1cccc(-c2ccc(OCCCl)cc2)c1. The molecule has 0 aliphatic carbocycles. The van der Waals surface area contributed by atoms with Crippen molar-refractivity contribution in [2.75, 3.05) is 12.5 Å². The third-order valence-electron chi connectivity index (χ3n) is 2.55. The Labute approximate surface area is 107 Å². The summed E-state index contributed by atoms with van der Waals surface area (Å²) in [4.78, 5) is 0. The first kappa shape index (κ1) is 12.0. The molecule has 0 radical (unpaired) electrons. The van der Waals surface area contributed by atoms with Crippen molar-refractivity contribution < 1.29 is 4.74 Å². The van der Waals surface area contributed by atoms with Crippen molar-refractivity contribution in [3.05, 3.63) is 54.1 Å². The standard InChI is InChI=1S/C15H15ClO/c1-12-3-2-4-14(11-12)13-5-7-15(8-6-13)17-10-9-16/h2-8,11H,9-10H2,1H3. The molecule has 0 atom stereocenters. The summed E-state index contributed by atoms with van der Waals surface area (Å²) >= 11 is 5.57. The van der Waals surface area contributed by atoms with Gasteiger partial charge in [-0.3, -0.25) is 0 Å². The van der Waals surface area contributed by atoms with Gasteiger partial charge in [-0.05, 0) is 30.2 Å². The van der Waals surface area contributed by atoms with Gasteiger partial charge in [0, 0.05) is 0 Å². The van der Waals surface area contributed by atoms with E-state index in [0.717, 1.165) is 5.75 Å². The van der Waals surface area contributed by atoms with Gasteiger partial charge < -0.3 is 4.74 Å². The van der Waals surface area contributed by atoms with E-state index in [1.54, 1.807) is 0 Å². The minimum Gasteiger partial charge on any atom is -0.492 e. The average molecular weight is 247 g/mol. The lowest BCUT2D eigenvalue weighted by Crippen LogP contribution is -1.97. The first-order chi connectivity index (χ1) is 8.29. The van der Waals surface area contributed by atoms with Crippen LogP contribution in [-0.4, -0.2) is 12.5 Å². The average Bonchev–Trinajstić information content (AvgIpc) is 2.37. The van der Waals surface area contributed by atoms with Crippen LogP contribution in [0.5, 0.6) is 5.75 Å². The maximum absolute atomic E-state index is 5.57. The molecule has 2 aromatic rings. The van der Waals surface area contributed by atoms with Crippen molar-refractivity contribution in [1.82, 2.24) is 0 Å². The Morgan fingerprint density at radius 1 is 1.00 bits per heavy atom. The van der Waals surface area contributed by atoms with E-state index in [1.807, 2.05) is 12.1 Å². The summed E-state index contributed by atoms with van der Waals surface area (Å²) in [6, 6.07) is 16.5. The Morgan fingerprint density at radius 3 is 2.41 bits per heavy atom. The maximum atomic E-state index is 5.57. The highest BCUT2D eigenvalue weighted by Gasteiger charge is 1.98. The zero-order valence-corrected chi connectivity index (χ0v) is 10.6. The number of aryl methyl sites for hydroxylation is 1. The van der Waals surface area contributed by atoms with Crippen LogP contribution in [0.15, 0.2) is 48.5 Å². The Balaban J connectivity index is 2.17. The number of benzene rings is 2.